The van der Waals surface area contributed by atoms with Crippen LogP contribution >= 0.6 is 0 Å². The molecule has 0 bridgehead atoms. The summed E-state index contributed by atoms with van der Waals surface area (Å²) in [5.41, 5.74) is 1.07. The van der Waals surface area contributed by atoms with Gasteiger partial charge < -0.3 is 19.7 Å². The lowest BCUT2D eigenvalue weighted by atomic mass is 9.95. The third-order valence-electron chi connectivity index (χ3n) is 5.03. The van der Waals surface area contributed by atoms with Crippen LogP contribution in [-0.4, -0.2) is 40.9 Å². The van der Waals surface area contributed by atoms with Crippen molar-refractivity contribution in [2.24, 2.45) is 5.92 Å². The Morgan fingerprint density at radius 2 is 1.86 bits per heavy atom. The maximum absolute atomic E-state index is 12.6. The fraction of sp³-hybridized carbons (Fsp3) is 0.381. The molecule has 2 heterocycles. The van der Waals surface area contributed by atoms with E-state index in [0.29, 0.717) is 44.7 Å². The second kappa shape index (κ2) is 8.73. The Balaban J connectivity index is 1.54. The van der Waals surface area contributed by atoms with Crippen molar-refractivity contribution in [1.82, 2.24) is 10.2 Å². The van der Waals surface area contributed by atoms with Crippen LogP contribution in [0.1, 0.15) is 52.0 Å². The van der Waals surface area contributed by atoms with Gasteiger partial charge >= 0.3 is 5.97 Å². The number of furan rings is 1. The number of carboxylic acid groups (broad SMARTS) is 1. The van der Waals surface area contributed by atoms with Crippen LogP contribution in [0.15, 0.2) is 40.8 Å². The van der Waals surface area contributed by atoms with Crippen molar-refractivity contribution in [3.8, 4) is 0 Å². The molecule has 0 aliphatic carbocycles. The number of amides is 2. The highest BCUT2D eigenvalue weighted by atomic mass is 16.4. The first-order valence-electron chi connectivity index (χ1n) is 9.46. The Hall–Kier alpha value is -3.09. The molecule has 0 saturated carbocycles. The van der Waals surface area contributed by atoms with Crippen LogP contribution in [-0.2, 0) is 17.8 Å². The van der Waals surface area contributed by atoms with E-state index >= 15 is 0 Å². The summed E-state index contributed by atoms with van der Waals surface area (Å²) in [6.45, 7) is 3.14. The summed E-state index contributed by atoms with van der Waals surface area (Å²) >= 11 is 0. The van der Waals surface area contributed by atoms with Crippen molar-refractivity contribution in [2.45, 2.75) is 32.7 Å². The number of carboxylic acids is 1. The fourth-order valence-corrected chi connectivity index (χ4v) is 3.41. The number of nitrogens with one attached hydrogen (secondary N) is 1. The Morgan fingerprint density at radius 1 is 1.18 bits per heavy atom. The number of aromatic carboxylic acids is 1. The average Bonchev–Trinajstić information content (AvgIpc) is 3.17. The number of likely N-dealkylation sites (tertiary alicyclic amines) is 1. The van der Waals surface area contributed by atoms with Gasteiger partial charge in [-0.25, -0.2) is 4.79 Å². The molecule has 1 saturated heterocycles. The topological polar surface area (TPSA) is 99.9 Å². The number of hydrogen-bond donors (Lipinski definition) is 2. The standard InChI is InChI=1S/C21H24N2O5/c1-2-17-16(21(26)27)12-18(28-17)20(25)23-10-8-15(9-11-23)19(24)22-13-14-6-4-3-5-7-14/h3-7,12,15H,2,8-11,13H2,1H3,(H,22,24)(H,26,27). The van der Waals surface area contributed by atoms with Gasteiger partial charge in [0.1, 0.15) is 11.3 Å². The van der Waals surface area contributed by atoms with Gasteiger partial charge in [0.05, 0.1) is 0 Å². The maximum Gasteiger partial charge on any atom is 0.339 e. The van der Waals surface area contributed by atoms with E-state index < -0.39 is 5.97 Å². The largest absolute Gasteiger partial charge is 0.478 e. The minimum absolute atomic E-state index is 0.00427. The molecular formula is C21H24N2O5. The minimum atomic E-state index is -1.10. The SMILES string of the molecule is CCc1oc(C(=O)N2CCC(C(=O)NCc3ccccc3)CC2)cc1C(=O)O. The van der Waals surface area contributed by atoms with Gasteiger partial charge in [0, 0.05) is 38.0 Å². The zero-order chi connectivity index (χ0) is 20.1. The lowest BCUT2D eigenvalue weighted by Crippen LogP contribution is -2.42. The molecule has 7 heteroatoms. The van der Waals surface area contributed by atoms with E-state index in [4.69, 9.17) is 4.42 Å². The molecule has 0 unspecified atom stereocenters. The van der Waals surface area contributed by atoms with Gasteiger partial charge in [0.15, 0.2) is 5.76 Å². The molecule has 0 atom stereocenters. The second-order valence-electron chi connectivity index (χ2n) is 6.88. The average molecular weight is 384 g/mol. The van der Waals surface area contributed by atoms with Crippen molar-refractivity contribution in [2.75, 3.05) is 13.1 Å². The zero-order valence-electron chi connectivity index (χ0n) is 15.8. The smallest absolute Gasteiger partial charge is 0.339 e. The van der Waals surface area contributed by atoms with E-state index in [1.54, 1.807) is 11.8 Å². The highest BCUT2D eigenvalue weighted by molar-refractivity contribution is 5.96. The summed E-state index contributed by atoms with van der Waals surface area (Å²) < 4.78 is 5.45. The summed E-state index contributed by atoms with van der Waals surface area (Å²) in [7, 11) is 0. The van der Waals surface area contributed by atoms with Crippen LogP contribution in [0.2, 0.25) is 0 Å². The summed E-state index contributed by atoms with van der Waals surface area (Å²) in [6.07, 6.45) is 1.54. The highest BCUT2D eigenvalue weighted by Gasteiger charge is 2.30. The lowest BCUT2D eigenvalue weighted by Gasteiger charge is -2.30. The summed E-state index contributed by atoms with van der Waals surface area (Å²) in [6, 6.07) is 11.0. The first-order valence-corrected chi connectivity index (χ1v) is 9.46. The van der Waals surface area contributed by atoms with Gasteiger partial charge in [-0.3, -0.25) is 9.59 Å². The Bertz CT molecular complexity index is 851. The molecule has 1 aromatic carbocycles. The maximum atomic E-state index is 12.6. The predicted molar refractivity (Wildman–Crippen MR) is 102 cm³/mol. The van der Waals surface area contributed by atoms with E-state index in [1.165, 1.54) is 6.07 Å². The molecule has 1 aliphatic heterocycles. The van der Waals surface area contributed by atoms with Gasteiger partial charge in [0.25, 0.3) is 5.91 Å². The molecule has 1 fully saturated rings. The van der Waals surface area contributed by atoms with Crippen LogP contribution in [0.25, 0.3) is 0 Å². The molecule has 148 valence electrons. The normalized spacial score (nSPS) is 14.7. The molecular weight excluding hydrogens is 360 g/mol. The molecule has 28 heavy (non-hydrogen) atoms. The van der Waals surface area contributed by atoms with Gasteiger partial charge in [-0.2, -0.15) is 0 Å². The molecule has 2 aromatic rings. The number of rotatable bonds is 6. The van der Waals surface area contributed by atoms with Crippen LogP contribution in [0, 0.1) is 5.92 Å². The highest BCUT2D eigenvalue weighted by Crippen LogP contribution is 2.22. The van der Waals surface area contributed by atoms with Gasteiger partial charge in [-0.15, -0.1) is 0 Å². The van der Waals surface area contributed by atoms with Crippen molar-refractivity contribution >= 4 is 17.8 Å². The van der Waals surface area contributed by atoms with Crippen molar-refractivity contribution in [1.29, 1.82) is 0 Å². The van der Waals surface area contributed by atoms with Gasteiger partial charge in [-0.1, -0.05) is 37.3 Å². The Labute approximate surface area is 163 Å². The Morgan fingerprint density at radius 3 is 2.43 bits per heavy atom. The third-order valence-corrected chi connectivity index (χ3v) is 5.03. The monoisotopic (exact) mass is 384 g/mol. The fourth-order valence-electron chi connectivity index (χ4n) is 3.41. The number of piperidine rings is 1. The quantitative estimate of drug-likeness (QED) is 0.798. The first kappa shape index (κ1) is 19.7. The van der Waals surface area contributed by atoms with Crippen LogP contribution in [0.3, 0.4) is 0 Å². The molecule has 0 spiro atoms. The minimum Gasteiger partial charge on any atom is -0.478 e. The van der Waals surface area contributed by atoms with Crippen molar-refractivity contribution in [3.63, 3.8) is 0 Å². The predicted octanol–water partition coefficient (Wildman–Crippen LogP) is 2.71. The molecule has 2 N–H and O–H groups in total. The van der Waals surface area contributed by atoms with Gasteiger partial charge in [0.2, 0.25) is 5.91 Å². The number of benzene rings is 1. The molecule has 1 aliphatic rings. The van der Waals surface area contributed by atoms with Crippen molar-refractivity contribution in [3.05, 3.63) is 59.0 Å². The number of nitrogens with zero attached hydrogens (tertiary/aromatic N) is 1. The molecule has 7 nitrogen and oxygen atoms in total. The van der Waals surface area contributed by atoms with E-state index in [-0.39, 0.29) is 29.1 Å². The van der Waals surface area contributed by atoms with E-state index in [0.717, 1.165) is 5.56 Å². The summed E-state index contributed by atoms with van der Waals surface area (Å²) in [4.78, 5) is 37.9. The Kier molecular flexibility index (Phi) is 6.13. The summed E-state index contributed by atoms with van der Waals surface area (Å²) in [5, 5.41) is 12.2. The lowest BCUT2D eigenvalue weighted by molar-refractivity contribution is -0.126. The van der Waals surface area contributed by atoms with Crippen LogP contribution < -0.4 is 5.32 Å². The van der Waals surface area contributed by atoms with E-state index in [1.807, 2.05) is 30.3 Å². The third kappa shape index (κ3) is 4.42. The van der Waals surface area contributed by atoms with Crippen molar-refractivity contribution < 1.29 is 23.9 Å². The number of hydrogen-bond acceptors (Lipinski definition) is 4. The number of carbonyl (C=O) groups excluding carboxylic acids is 2. The summed E-state index contributed by atoms with van der Waals surface area (Å²) in [5.74, 6) is -1.23. The first-order chi connectivity index (χ1) is 13.5. The zero-order valence-corrected chi connectivity index (χ0v) is 15.8. The van der Waals surface area contributed by atoms with Crippen LogP contribution in [0.4, 0.5) is 0 Å². The molecule has 1 aromatic heterocycles. The van der Waals surface area contributed by atoms with Crippen LogP contribution in [0.5, 0.6) is 0 Å². The molecule has 0 radical (unpaired) electrons. The van der Waals surface area contributed by atoms with E-state index in [9.17, 15) is 19.5 Å². The number of carbonyl (C=O) groups is 3. The molecule has 3 rings (SSSR count). The van der Waals surface area contributed by atoms with E-state index in [2.05, 4.69) is 5.32 Å². The van der Waals surface area contributed by atoms with Gasteiger partial charge in [-0.05, 0) is 18.4 Å². The molecule has 2 amide bonds. The second-order valence-corrected chi connectivity index (χ2v) is 6.88. The number of aryl methyl sites for hydroxylation is 1.